The summed E-state index contributed by atoms with van der Waals surface area (Å²) in [4.78, 5) is 23.6. The van der Waals surface area contributed by atoms with Gasteiger partial charge in [0.15, 0.2) is 0 Å². The molecule has 3 rings (SSSR count). The lowest BCUT2D eigenvalue weighted by molar-refractivity contribution is -0.144. The van der Waals surface area contributed by atoms with Crippen LogP contribution >= 0.6 is 0 Å². The molecule has 0 fully saturated rings. The second-order valence-electron chi connectivity index (χ2n) is 5.41. The molecule has 2 aromatic carbocycles. The van der Waals surface area contributed by atoms with Crippen LogP contribution in [0.4, 0.5) is 0 Å². The number of hydrogen-bond acceptors (Lipinski definition) is 4. The van der Waals surface area contributed by atoms with Crippen molar-refractivity contribution in [1.82, 2.24) is 0 Å². The number of carbonyl (C=O) groups excluding carboxylic acids is 1. The molecule has 0 radical (unpaired) electrons. The SMILES string of the molecule is Cc1ccc2c(COC(=O)Cc3ccccc3)cc(=O)oc2c1. The van der Waals surface area contributed by atoms with Gasteiger partial charge in [0.2, 0.25) is 0 Å². The Morgan fingerprint density at radius 2 is 1.87 bits per heavy atom. The summed E-state index contributed by atoms with van der Waals surface area (Å²) in [5, 5.41) is 0.780. The summed E-state index contributed by atoms with van der Waals surface area (Å²) in [5.74, 6) is -0.329. The quantitative estimate of drug-likeness (QED) is 0.547. The zero-order chi connectivity index (χ0) is 16.2. The highest BCUT2D eigenvalue weighted by atomic mass is 16.5. The maximum atomic E-state index is 11.9. The highest BCUT2D eigenvalue weighted by molar-refractivity contribution is 5.81. The van der Waals surface area contributed by atoms with Crippen LogP contribution in [0.1, 0.15) is 16.7 Å². The lowest BCUT2D eigenvalue weighted by Gasteiger charge is -2.08. The van der Waals surface area contributed by atoms with Gasteiger partial charge < -0.3 is 9.15 Å². The van der Waals surface area contributed by atoms with Gasteiger partial charge in [0.05, 0.1) is 6.42 Å². The normalized spacial score (nSPS) is 10.7. The maximum Gasteiger partial charge on any atom is 0.336 e. The molecule has 0 atom stereocenters. The van der Waals surface area contributed by atoms with Gasteiger partial charge in [-0.25, -0.2) is 4.79 Å². The van der Waals surface area contributed by atoms with Gasteiger partial charge in [-0.05, 0) is 24.1 Å². The van der Waals surface area contributed by atoms with Crippen molar-refractivity contribution in [3.8, 4) is 0 Å². The molecule has 0 aliphatic carbocycles. The van der Waals surface area contributed by atoms with E-state index >= 15 is 0 Å². The number of benzene rings is 2. The van der Waals surface area contributed by atoms with Gasteiger partial charge >= 0.3 is 11.6 Å². The summed E-state index contributed by atoms with van der Waals surface area (Å²) in [6.07, 6.45) is 0.208. The number of carbonyl (C=O) groups is 1. The van der Waals surface area contributed by atoms with Gasteiger partial charge in [-0.3, -0.25) is 4.79 Å². The lowest BCUT2D eigenvalue weighted by atomic mass is 10.1. The summed E-state index contributed by atoms with van der Waals surface area (Å²) < 4.78 is 10.5. The van der Waals surface area contributed by atoms with E-state index < -0.39 is 5.63 Å². The van der Waals surface area contributed by atoms with Gasteiger partial charge in [-0.1, -0.05) is 42.5 Å². The number of aryl methyl sites for hydroxylation is 1. The predicted octanol–water partition coefficient (Wildman–Crippen LogP) is 3.39. The number of hydrogen-bond donors (Lipinski definition) is 0. The van der Waals surface area contributed by atoms with E-state index in [0.717, 1.165) is 16.5 Å². The molecular weight excluding hydrogens is 292 g/mol. The first-order valence-electron chi connectivity index (χ1n) is 7.35. The van der Waals surface area contributed by atoms with Crippen molar-refractivity contribution in [2.45, 2.75) is 20.0 Å². The molecule has 1 heterocycles. The van der Waals surface area contributed by atoms with Crippen LogP contribution in [0.2, 0.25) is 0 Å². The Bertz CT molecular complexity index is 894. The Morgan fingerprint density at radius 1 is 1.09 bits per heavy atom. The average Bonchev–Trinajstić information content (AvgIpc) is 2.53. The van der Waals surface area contributed by atoms with Gasteiger partial charge in [-0.2, -0.15) is 0 Å². The van der Waals surface area contributed by atoms with Crippen LogP contribution in [0.5, 0.6) is 0 Å². The molecular formula is C19H16O4. The fourth-order valence-corrected chi connectivity index (χ4v) is 2.43. The summed E-state index contributed by atoms with van der Waals surface area (Å²) in [6.45, 7) is 1.98. The fourth-order valence-electron chi connectivity index (χ4n) is 2.43. The third kappa shape index (κ3) is 3.66. The molecule has 0 saturated heterocycles. The molecule has 3 aromatic rings. The average molecular weight is 308 g/mol. The van der Waals surface area contributed by atoms with E-state index in [1.165, 1.54) is 6.07 Å². The molecule has 0 amide bonds. The Balaban J connectivity index is 1.76. The standard InChI is InChI=1S/C19H16O4/c1-13-7-8-16-15(11-19(21)23-17(16)9-13)12-22-18(20)10-14-5-3-2-4-6-14/h2-9,11H,10,12H2,1H3. The van der Waals surface area contributed by atoms with Crippen LogP contribution in [0.15, 0.2) is 63.8 Å². The van der Waals surface area contributed by atoms with E-state index in [1.807, 2.05) is 49.4 Å². The molecule has 4 heteroatoms. The molecule has 116 valence electrons. The number of esters is 1. The molecule has 0 N–H and O–H groups in total. The number of fused-ring (bicyclic) bond motifs is 1. The third-order valence-electron chi connectivity index (χ3n) is 3.57. The fraction of sp³-hybridized carbons (Fsp3) is 0.158. The van der Waals surface area contributed by atoms with E-state index in [2.05, 4.69) is 0 Å². The molecule has 0 spiro atoms. The van der Waals surface area contributed by atoms with E-state index in [0.29, 0.717) is 11.1 Å². The second-order valence-corrected chi connectivity index (χ2v) is 5.41. The molecule has 0 unspecified atom stereocenters. The Hall–Kier alpha value is -2.88. The van der Waals surface area contributed by atoms with Gasteiger partial charge in [0, 0.05) is 17.0 Å². The number of ether oxygens (including phenoxy) is 1. The Kier molecular flexibility index (Phi) is 4.24. The maximum absolute atomic E-state index is 11.9. The molecule has 0 aliphatic heterocycles. The predicted molar refractivity (Wildman–Crippen MR) is 87.2 cm³/mol. The van der Waals surface area contributed by atoms with Crippen LogP contribution in [0.3, 0.4) is 0 Å². The van der Waals surface area contributed by atoms with Crippen molar-refractivity contribution in [3.63, 3.8) is 0 Å². The van der Waals surface area contributed by atoms with Crippen molar-refractivity contribution in [2.24, 2.45) is 0 Å². The molecule has 1 aromatic heterocycles. The topological polar surface area (TPSA) is 56.5 Å². The Morgan fingerprint density at radius 3 is 2.65 bits per heavy atom. The van der Waals surface area contributed by atoms with Crippen LogP contribution in [-0.4, -0.2) is 5.97 Å². The van der Waals surface area contributed by atoms with Crippen molar-refractivity contribution in [1.29, 1.82) is 0 Å². The minimum atomic E-state index is -0.447. The first kappa shape index (κ1) is 15.0. The van der Waals surface area contributed by atoms with E-state index in [-0.39, 0.29) is 19.0 Å². The summed E-state index contributed by atoms with van der Waals surface area (Å²) in [6, 6.07) is 16.4. The summed E-state index contributed by atoms with van der Waals surface area (Å²) in [5.41, 5.74) is 2.60. The van der Waals surface area contributed by atoms with E-state index in [4.69, 9.17) is 9.15 Å². The highest BCUT2D eigenvalue weighted by Crippen LogP contribution is 2.19. The minimum Gasteiger partial charge on any atom is -0.461 e. The minimum absolute atomic E-state index is 0.0524. The number of rotatable bonds is 4. The molecule has 0 saturated carbocycles. The van der Waals surface area contributed by atoms with Crippen molar-refractivity contribution < 1.29 is 13.9 Å². The second kappa shape index (κ2) is 6.48. The van der Waals surface area contributed by atoms with Crippen molar-refractivity contribution in [3.05, 3.63) is 81.7 Å². The van der Waals surface area contributed by atoms with Crippen LogP contribution in [0.25, 0.3) is 11.0 Å². The molecule has 0 aliphatic rings. The summed E-state index contributed by atoms with van der Waals surface area (Å²) >= 11 is 0. The van der Waals surface area contributed by atoms with Gasteiger partial charge in [0.1, 0.15) is 12.2 Å². The van der Waals surface area contributed by atoms with Gasteiger partial charge in [0.25, 0.3) is 0 Å². The lowest BCUT2D eigenvalue weighted by Crippen LogP contribution is -2.09. The van der Waals surface area contributed by atoms with E-state index in [9.17, 15) is 9.59 Å². The highest BCUT2D eigenvalue weighted by Gasteiger charge is 2.09. The largest absolute Gasteiger partial charge is 0.461 e. The monoisotopic (exact) mass is 308 g/mol. The Labute approximate surface area is 133 Å². The zero-order valence-electron chi connectivity index (χ0n) is 12.7. The van der Waals surface area contributed by atoms with Crippen molar-refractivity contribution in [2.75, 3.05) is 0 Å². The molecule has 0 bridgehead atoms. The summed E-state index contributed by atoms with van der Waals surface area (Å²) in [7, 11) is 0. The first-order valence-corrected chi connectivity index (χ1v) is 7.35. The van der Waals surface area contributed by atoms with Crippen LogP contribution in [-0.2, 0) is 22.6 Å². The molecule has 4 nitrogen and oxygen atoms in total. The smallest absolute Gasteiger partial charge is 0.336 e. The van der Waals surface area contributed by atoms with E-state index in [1.54, 1.807) is 6.07 Å². The van der Waals surface area contributed by atoms with Crippen molar-refractivity contribution >= 4 is 16.9 Å². The molecule has 23 heavy (non-hydrogen) atoms. The third-order valence-corrected chi connectivity index (χ3v) is 3.57. The van der Waals surface area contributed by atoms with Crippen LogP contribution < -0.4 is 5.63 Å². The van der Waals surface area contributed by atoms with Gasteiger partial charge in [-0.15, -0.1) is 0 Å². The first-order chi connectivity index (χ1) is 11.1. The van der Waals surface area contributed by atoms with Crippen LogP contribution in [0, 0.1) is 6.92 Å². The zero-order valence-corrected chi connectivity index (χ0v) is 12.7.